The van der Waals surface area contributed by atoms with Crippen LogP contribution in [0.3, 0.4) is 0 Å². The molecule has 2 rings (SSSR count). The number of carbonyl (C=O) groups is 1. The molecule has 0 saturated heterocycles. The number of carboxylic acid groups (broad SMARTS) is 1. The average Bonchev–Trinajstić information content (AvgIpc) is 2.23. The fourth-order valence-corrected chi connectivity index (χ4v) is 2.40. The van der Waals surface area contributed by atoms with E-state index in [1.807, 2.05) is 0 Å². The van der Waals surface area contributed by atoms with Crippen LogP contribution in [0, 0.1) is 10.1 Å². The van der Waals surface area contributed by atoms with E-state index >= 15 is 0 Å². The van der Waals surface area contributed by atoms with E-state index in [1.54, 1.807) is 12.1 Å². The SMILES string of the molecule is O=C(O)CC1(c2ccc([N+](=O)[O-])cc2)CCC1. The number of aliphatic carboxylic acids is 1. The summed E-state index contributed by atoms with van der Waals surface area (Å²) in [6.45, 7) is 0. The number of hydrogen-bond acceptors (Lipinski definition) is 3. The van der Waals surface area contributed by atoms with E-state index in [1.165, 1.54) is 12.1 Å². The molecule has 17 heavy (non-hydrogen) atoms. The maximum Gasteiger partial charge on any atom is 0.304 e. The molecule has 0 radical (unpaired) electrons. The Kier molecular flexibility index (Phi) is 2.83. The zero-order valence-corrected chi connectivity index (χ0v) is 9.26. The van der Waals surface area contributed by atoms with Crippen molar-refractivity contribution in [3.05, 3.63) is 39.9 Å². The van der Waals surface area contributed by atoms with Crippen LogP contribution in [0.2, 0.25) is 0 Å². The van der Waals surface area contributed by atoms with Crippen molar-refractivity contribution in [2.75, 3.05) is 0 Å². The second-order valence-electron chi connectivity index (χ2n) is 4.51. The van der Waals surface area contributed by atoms with Crippen molar-refractivity contribution < 1.29 is 14.8 Å². The summed E-state index contributed by atoms with van der Waals surface area (Å²) in [6.07, 6.45) is 2.81. The second kappa shape index (κ2) is 4.16. The molecule has 1 saturated carbocycles. The summed E-state index contributed by atoms with van der Waals surface area (Å²) in [4.78, 5) is 20.9. The normalized spacial score (nSPS) is 17.2. The van der Waals surface area contributed by atoms with Gasteiger partial charge in [0.05, 0.1) is 11.3 Å². The fraction of sp³-hybridized carbons (Fsp3) is 0.417. The molecule has 0 unspecified atom stereocenters. The Labute approximate surface area is 98.2 Å². The Bertz CT molecular complexity index is 448. The molecule has 0 aromatic heterocycles. The summed E-state index contributed by atoms with van der Waals surface area (Å²) in [5, 5.41) is 19.4. The second-order valence-corrected chi connectivity index (χ2v) is 4.51. The van der Waals surface area contributed by atoms with E-state index < -0.39 is 10.9 Å². The molecule has 0 spiro atoms. The minimum absolute atomic E-state index is 0.0403. The number of nitrogens with zero attached hydrogens (tertiary/aromatic N) is 1. The minimum atomic E-state index is -0.817. The lowest BCUT2D eigenvalue weighted by molar-refractivity contribution is -0.384. The van der Waals surface area contributed by atoms with Gasteiger partial charge in [0.2, 0.25) is 0 Å². The van der Waals surface area contributed by atoms with Gasteiger partial charge in [-0.25, -0.2) is 0 Å². The molecule has 0 amide bonds. The lowest BCUT2D eigenvalue weighted by Crippen LogP contribution is -2.36. The summed E-state index contributed by atoms with van der Waals surface area (Å²) >= 11 is 0. The van der Waals surface area contributed by atoms with Crippen LogP contribution in [-0.4, -0.2) is 16.0 Å². The van der Waals surface area contributed by atoms with Crippen molar-refractivity contribution in [3.8, 4) is 0 Å². The highest BCUT2D eigenvalue weighted by Crippen LogP contribution is 2.46. The average molecular weight is 235 g/mol. The Morgan fingerprint density at radius 3 is 2.29 bits per heavy atom. The van der Waals surface area contributed by atoms with E-state index in [9.17, 15) is 14.9 Å². The summed E-state index contributed by atoms with van der Waals surface area (Å²) in [5.74, 6) is -0.817. The van der Waals surface area contributed by atoms with Gasteiger partial charge in [-0.15, -0.1) is 0 Å². The molecule has 1 aromatic carbocycles. The summed E-state index contributed by atoms with van der Waals surface area (Å²) in [7, 11) is 0. The summed E-state index contributed by atoms with van der Waals surface area (Å²) < 4.78 is 0. The van der Waals surface area contributed by atoms with Gasteiger partial charge in [0.1, 0.15) is 0 Å². The molecule has 1 fully saturated rings. The molecule has 1 aliphatic rings. The predicted molar refractivity (Wildman–Crippen MR) is 60.9 cm³/mol. The number of non-ortho nitro benzene ring substituents is 1. The molecular weight excluding hydrogens is 222 g/mol. The zero-order chi connectivity index (χ0) is 12.5. The lowest BCUT2D eigenvalue weighted by atomic mass is 9.62. The van der Waals surface area contributed by atoms with Gasteiger partial charge < -0.3 is 5.11 Å². The number of hydrogen-bond donors (Lipinski definition) is 1. The van der Waals surface area contributed by atoms with Crippen LogP contribution in [-0.2, 0) is 10.2 Å². The molecule has 1 N–H and O–H groups in total. The van der Waals surface area contributed by atoms with E-state index in [-0.39, 0.29) is 17.5 Å². The van der Waals surface area contributed by atoms with E-state index in [0.29, 0.717) is 0 Å². The molecule has 0 bridgehead atoms. The van der Waals surface area contributed by atoms with Gasteiger partial charge in [0.25, 0.3) is 5.69 Å². The molecule has 1 aromatic rings. The third kappa shape index (κ3) is 2.13. The highest BCUT2D eigenvalue weighted by Gasteiger charge is 2.40. The standard InChI is InChI=1S/C12H13NO4/c14-11(15)8-12(6-1-7-12)9-2-4-10(5-3-9)13(16)17/h2-5H,1,6-8H2,(H,14,15). The monoisotopic (exact) mass is 235 g/mol. The molecular formula is C12H13NO4. The van der Waals surface area contributed by atoms with E-state index in [4.69, 9.17) is 5.11 Å². The van der Waals surface area contributed by atoms with Gasteiger partial charge in [0.15, 0.2) is 0 Å². The van der Waals surface area contributed by atoms with Gasteiger partial charge in [-0.05, 0) is 18.4 Å². The highest BCUT2D eigenvalue weighted by atomic mass is 16.6. The molecule has 1 aliphatic carbocycles. The minimum Gasteiger partial charge on any atom is -0.481 e. The van der Waals surface area contributed by atoms with Crippen LogP contribution in [0.4, 0.5) is 5.69 Å². The quantitative estimate of drug-likeness (QED) is 0.642. The summed E-state index contributed by atoms with van der Waals surface area (Å²) in [6, 6.07) is 6.25. The first-order valence-corrected chi connectivity index (χ1v) is 5.50. The summed E-state index contributed by atoms with van der Waals surface area (Å²) in [5.41, 5.74) is 0.635. The number of nitro benzene ring substituents is 1. The number of carboxylic acids is 1. The Hall–Kier alpha value is -1.91. The van der Waals surface area contributed by atoms with Crippen LogP contribution in [0.15, 0.2) is 24.3 Å². The van der Waals surface area contributed by atoms with Crippen LogP contribution in [0.25, 0.3) is 0 Å². The first-order valence-electron chi connectivity index (χ1n) is 5.50. The van der Waals surface area contributed by atoms with Crippen molar-refractivity contribution in [2.24, 2.45) is 0 Å². The number of rotatable bonds is 4. The van der Waals surface area contributed by atoms with Gasteiger partial charge in [-0.1, -0.05) is 18.6 Å². The predicted octanol–water partition coefficient (Wildman–Crippen LogP) is 2.49. The molecule has 0 atom stereocenters. The first-order chi connectivity index (χ1) is 8.03. The molecule has 5 nitrogen and oxygen atoms in total. The zero-order valence-electron chi connectivity index (χ0n) is 9.26. The third-order valence-electron chi connectivity index (χ3n) is 3.49. The Morgan fingerprint density at radius 2 is 1.94 bits per heavy atom. The van der Waals surface area contributed by atoms with Crippen molar-refractivity contribution in [1.29, 1.82) is 0 Å². The number of benzene rings is 1. The first kappa shape index (κ1) is 11.6. The van der Waals surface area contributed by atoms with E-state index in [2.05, 4.69) is 0 Å². The van der Waals surface area contributed by atoms with E-state index in [0.717, 1.165) is 24.8 Å². The Balaban J connectivity index is 2.26. The van der Waals surface area contributed by atoms with Crippen LogP contribution >= 0.6 is 0 Å². The lowest BCUT2D eigenvalue weighted by Gasteiger charge is -2.41. The largest absolute Gasteiger partial charge is 0.481 e. The van der Waals surface area contributed by atoms with Crippen LogP contribution in [0.5, 0.6) is 0 Å². The third-order valence-corrected chi connectivity index (χ3v) is 3.49. The topological polar surface area (TPSA) is 80.4 Å². The van der Waals surface area contributed by atoms with Crippen molar-refractivity contribution in [2.45, 2.75) is 31.1 Å². The maximum absolute atomic E-state index is 10.8. The van der Waals surface area contributed by atoms with Crippen molar-refractivity contribution in [3.63, 3.8) is 0 Å². The molecule has 0 aliphatic heterocycles. The molecule has 90 valence electrons. The molecule has 5 heteroatoms. The fourth-order valence-electron chi connectivity index (χ4n) is 2.40. The van der Waals surface area contributed by atoms with Crippen molar-refractivity contribution >= 4 is 11.7 Å². The van der Waals surface area contributed by atoms with Gasteiger partial charge in [-0.3, -0.25) is 14.9 Å². The van der Waals surface area contributed by atoms with Crippen LogP contribution in [0.1, 0.15) is 31.2 Å². The Morgan fingerprint density at radius 1 is 1.35 bits per heavy atom. The number of nitro groups is 1. The van der Waals surface area contributed by atoms with Crippen LogP contribution < -0.4 is 0 Å². The van der Waals surface area contributed by atoms with Gasteiger partial charge in [0, 0.05) is 17.5 Å². The molecule has 0 heterocycles. The smallest absolute Gasteiger partial charge is 0.304 e. The highest BCUT2D eigenvalue weighted by molar-refractivity contribution is 5.69. The maximum atomic E-state index is 10.8. The van der Waals surface area contributed by atoms with Gasteiger partial charge >= 0.3 is 5.97 Å². The van der Waals surface area contributed by atoms with Crippen molar-refractivity contribution in [1.82, 2.24) is 0 Å². The van der Waals surface area contributed by atoms with Gasteiger partial charge in [-0.2, -0.15) is 0 Å².